The van der Waals surface area contributed by atoms with Crippen molar-refractivity contribution in [2.24, 2.45) is 0 Å². The summed E-state index contributed by atoms with van der Waals surface area (Å²) in [6.45, 7) is 14.0. The Labute approximate surface area is 361 Å². The normalized spacial score (nSPS) is 14.2. The van der Waals surface area contributed by atoms with Gasteiger partial charge in [0.15, 0.2) is 0 Å². The van der Waals surface area contributed by atoms with Crippen molar-refractivity contribution < 1.29 is 0 Å². The molecule has 6 aromatic rings. The van der Waals surface area contributed by atoms with E-state index in [1.807, 2.05) is 12.1 Å². The Morgan fingerprint density at radius 3 is 1.39 bits per heavy atom. The third kappa shape index (κ3) is 8.00. The summed E-state index contributed by atoms with van der Waals surface area (Å²) in [6, 6.07) is 44.4. The second kappa shape index (κ2) is 17.7. The number of aryl methyl sites for hydroxylation is 2. The van der Waals surface area contributed by atoms with Gasteiger partial charge in [0.05, 0.1) is 0 Å². The van der Waals surface area contributed by atoms with Gasteiger partial charge in [-0.05, 0) is 146 Å². The van der Waals surface area contributed by atoms with Crippen LogP contribution in [0.5, 0.6) is 0 Å². The monoisotopic (exact) mass is 796 g/mol. The van der Waals surface area contributed by atoms with E-state index in [0.717, 1.165) is 5.02 Å². The molecular weight excluding hydrogens is 732 g/mol. The molecule has 0 aromatic heterocycles. The fraction of sp³-hybridized carbons (Fsp3) is 0.379. The van der Waals surface area contributed by atoms with E-state index in [-0.39, 0.29) is 10.8 Å². The van der Waals surface area contributed by atoms with Crippen LogP contribution in [0.15, 0.2) is 115 Å². The van der Waals surface area contributed by atoms with Gasteiger partial charge in [-0.2, -0.15) is 0 Å². The molecule has 6 aromatic carbocycles. The van der Waals surface area contributed by atoms with Gasteiger partial charge in [0.2, 0.25) is 0 Å². The number of halogens is 1. The highest BCUT2D eigenvalue weighted by Gasteiger charge is 2.42. The molecule has 1 heteroatoms. The highest BCUT2D eigenvalue weighted by Crippen LogP contribution is 2.56. The van der Waals surface area contributed by atoms with Crippen molar-refractivity contribution in [2.45, 2.75) is 142 Å². The van der Waals surface area contributed by atoms with Crippen molar-refractivity contribution in [3.63, 3.8) is 0 Å². The fourth-order valence-corrected chi connectivity index (χ4v) is 11.0. The van der Waals surface area contributed by atoms with Crippen LogP contribution in [-0.4, -0.2) is 0 Å². The third-order valence-corrected chi connectivity index (χ3v) is 14.5. The SMILES string of the molecule is CCCCCCCCC1(CCCCCCCC)c2ccccc2-c2ccc(-c3ccc4c(c3)C(C)(C)c3cc(-c5cc(C)c(-c6ccc(Cl)cc6)cc5C)ccc3-4)cc21. The first-order chi connectivity index (χ1) is 28.7. The molecule has 59 heavy (non-hydrogen) atoms. The maximum Gasteiger partial charge on any atom is 0.0406 e. The molecular formula is C58H65Cl. The van der Waals surface area contributed by atoms with E-state index in [4.69, 9.17) is 11.6 Å². The van der Waals surface area contributed by atoms with Gasteiger partial charge in [-0.1, -0.05) is 201 Å². The largest absolute Gasteiger partial charge is 0.0843 e. The molecule has 0 atom stereocenters. The molecule has 2 aliphatic rings. The van der Waals surface area contributed by atoms with Crippen LogP contribution in [0.2, 0.25) is 5.02 Å². The summed E-state index contributed by atoms with van der Waals surface area (Å²) in [7, 11) is 0. The van der Waals surface area contributed by atoms with E-state index < -0.39 is 0 Å². The average Bonchev–Trinajstić information content (AvgIpc) is 3.65. The van der Waals surface area contributed by atoms with Crippen LogP contribution in [0.1, 0.15) is 151 Å². The summed E-state index contributed by atoms with van der Waals surface area (Å²) >= 11 is 6.23. The first-order valence-corrected chi connectivity index (χ1v) is 23.5. The third-order valence-electron chi connectivity index (χ3n) is 14.2. The van der Waals surface area contributed by atoms with Crippen LogP contribution in [0, 0.1) is 13.8 Å². The van der Waals surface area contributed by atoms with Crippen molar-refractivity contribution in [1.82, 2.24) is 0 Å². The Kier molecular flexibility index (Phi) is 12.4. The quantitative estimate of drug-likeness (QED) is 0.0807. The van der Waals surface area contributed by atoms with Gasteiger partial charge < -0.3 is 0 Å². The van der Waals surface area contributed by atoms with E-state index in [0.29, 0.717) is 0 Å². The van der Waals surface area contributed by atoms with Crippen LogP contribution in [0.25, 0.3) is 55.6 Å². The van der Waals surface area contributed by atoms with Crippen LogP contribution in [0.3, 0.4) is 0 Å². The molecule has 0 spiro atoms. The minimum absolute atomic E-state index is 0.0869. The number of hydrogen-bond acceptors (Lipinski definition) is 0. The Morgan fingerprint density at radius 2 is 0.814 bits per heavy atom. The van der Waals surface area contributed by atoms with Gasteiger partial charge in [0, 0.05) is 15.9 Å². The number of fused-ring (bicyclic) bond motifs is 6. The zero-order chi connectivity index (χ0) is 41.1. The topological polar surface area (TPSA) is 0 Å². The Morgan fingerprint density at radius 1 is 0.390 bits per heavy atom. The molecule has 0 saturated carbocycles. The van der Waals surface area contributed by atoms with Gasteiger partial charge in [-0.3, -0.25) is 0 Å². The highest BCUT2D eigenvalue weighted by molar-refractivity contribution is 6.30. The van der Waals surface area contributed by atoms with Crippen molar-refractivity contribution in [3.8, 4) is 55.6 Å². The van der Waals surface area contributed by atoms with Crippen LogP contribution in [-0.2, 0) is 10.8 Å². The molecule has 0 saturated heterocycles. The molecule has 0 aliphatic heterocycles. The van der Waals surface area contributed by atoms with E-state index in [9.17, 15) is 0 Å². The second-order valence-electron chi connectivity index (χ2n) is 18.6. The first kappa shape index (κ1) is 41.3. The number of hydrogen-bond donors (Lipinski definition) is 0. The van der Waals surface area contributed by atoms with Gasteiger partial charge >= 0.3 is 0 Å². The van der Waals surface area contributed by atoms with E-state index >= 15 is 0 Å². The minimum atomic E-state index is -0.116. The van der Waals surface area contributed by atoms with E-state index in [1.165, 1.54) is 168 Å². The van der Waals surface area contributed by atoms with Gasteiger partial charge in [0.25, 0.3) is 0 Å². The van der Waals surface area contributed by atoms with Gasteiger partial charge in [-0.25, -0.2) is 0 Å². The molecule has 304 valence electrons. The van der Waals surface area contributed by atoms with Gasteiger partial charge in [0.1, 0.15) is 0 Å². The summed E-state index contributed by atoms with van der Waals surface area (Å²) in [5.41, 5.74) is 22.0. The van der Waals surface area contributed by atoms with Crippen LogP contribution >= 0.6 is 11.6 Å². The number of unbranched alkanes of at least 4 members (excludes halogenated alkanes) is 10. The van der Waals surface area contributed by atoms with Gasteiger partial charge in [-0.15, -0.1) is 0 Å². The van der Waals surface area contributed by atoms with Crippen molar-refractivity contribution >= 4 is 11.6 Å². The molecule has 0 fully saturated rings. The molecule has 0 amide bonds. The first-order valence-electron chi connectivity index (χ1n) is 23.1. The molecule has 2 aliphatic carbocycles. The molecule has 0 bridgehead atoms. The minimum Gasteiger partial charge on any atom is -0.0843 e. The summed E-state index contributed by atoms with van der Waals surface area (Å²) < 4.78 is 0. The number of rotatable bonds is 17. The summed E-state index contributed by atoms with van der Waals surface area (Å²) in [5, 5.41) is 0.770. The Bertz CT molecular complexity index is 2410. The van der Waals surface area contributed by atoms with E-state index in [1.54, 1.807) is 11.1 Å². The van der Waals surface area contributed by atoms with E-state index in [2.05, 4.69) is 145 Å². The Hall–Kier alpha value is -4.39. The smallest absolute Gasteiger partial charge is 0.0406 e. The lowest BCUT2D eigenvalue weighted by molar-refractivity contribution is 0.398. The predicted molar refractivity (Wildman–Crippen MR) is 257 cm³/mol. The Balaban J connectivity index is 1.12. The summed E-state index contributed by atoms with van der Waals surface area (Å²) in [5.74, 6) is 0. The summed E-state index contributed by atoms with van der Waals surface area (Å²) in [6.07, 6.45) is 18.6. The zero-order valence-corrected chi connectivity index (χ0v) is 37.5. The molecule has 0 unspecified atom stereocenters. The molecule has 0 nitrogen and oxygen atoms in total. The second-order valence-corrected chi connectivity index (χ2v) is 19.0. The number of benzene rings is 6. The highest BCUT2D eigenvalue weighted by atomic mass is 35.5. The maximum atomic E-state index is 6.23. The van der Waals surface area contributed by atoms with Crippen molar-refractivity contribution in [1.29, 1.82) is 0 Å². The molecule has 0 radical (unpaired) electrons. The van der Waals surface area contributed by atoms with Crippen molar-refractivity contribution in [2.75, 3.05) is 0 Å². The molecule has 0 heterocycles. The lowest BCUT2D eigenvalue weighted by Crippen LogP contribution is -2.25. The average molecular weight is 798 g/mol. The lowest BCUT2D eigenvalue weighted by atomic mass is 9.70. The lowest BCUT2D eigenvalue weighted by Gasteiger charge is -2.33. The summed E-state index contributed by atoms with van der Waals surface area (Å²) in [4.78, 5) is 0. The predicted octanol–water partition coefficient (Wildman–Crippen LogP) is 18.0. The van der Waals surface area contributed by atoms with Crippen LogP contribution in [0.4, 0.5) is 0 Å². The van der Waals surface area contributed by atoms with Crippen LogP contribution < -0.4 is 0 Å². The molecule has 8 rings (SSSR count). The fourth-order valence-electron chi connectivity index (χ4n) is 10.9. The maximum absolute atomic E-state index is 6.23. The molecule has 0 N–H and O–H groups in total. The standard InChI is InChI=1S/C58H65Cl/c1-7-9-11-13-15-19-33-58(34-20-16-14-12-10-8-2)53-22-18-17-21-47(53)50-31-26-44(38-56(50)58)43-25-30-48-49-32-27-45(39-55(49)57(5,6)54(48)37-43)52-36-40(3)51(35-41(52)4)42-23-28-46(59)29-24-42/h17-18,21-32,35-39H,7-16,19-20,33-34H2,1-6H3. The zero-order valence-electron chi connectivity index (χ0n) is 36.7. The van der Waals surface area contributed by atoms with Crippen molar-refractivity contribution in [3.05, 3.63) is 154 Å².